The fourth-order valence-corrected chi connectivity index (χ4v) is 4.62. The highest BCUT2D eigenvalue weighted by molar-refractivity contribution is 6.30. The van der Waals surface area contributed by atoms with E-state index in [0.29, 0.717) is 17.3 Å². The first-order valence-electron chi connectivity index (χ1n) is 9.94. The molecule has 28 heavy (non-hydrogen) atoms. The number of amides is 1. The van der Waals surface area contributed by atoms with Crippen LogP contribution in [0.15, 0.2) is 42.6 Å². The fraction of sp³-hybridized carbons (Fsp3) is 0.364. The Morgan fingerprint density at radius 2 is 1.93 bits per heavy atom. The summed E-state index contributed by atoms with van der Waals surface area (Å²) in [4.78, 5) is 17.6. The number of benzene rings is 1. The number of carbonyl (C=O) groups is 1. The molecule has 0 bridgehead atoms. The van der Waals surface area contributed by atoms with Gasteiger partial charge in [0.25, 0.3) is 5.91 Å². The van der Waals surface area contributed by atoms with Gasteiger partial charge in [0.1, 0.15) is 0 Å². The lowest BCUT2D eigenvalue weighted by Gasteiger charge is -2.35. The van der Waals surface area contributed by atoms with E-state index in [0.717, 1.165) is 25.0 Å². The number of halogens is 1. The van der Waals surface area contributed by atoms with Crippen molar-refractivity contribution in [3.8, 4) is 0 Å². The zero-order valence-electron chi connectivity index (χ0n) is 15.9. The van der Waals surface area contributed by atoms with E-state index < -0.39 is 0 Å². The van der Waals surface area contributed by atoms with Gasteiger partial charge in [-0.1, -0.05) is 17.7 Å². The average molecular weight is 395 g/mol. The summed E-state index contributed by atoms with van der Waals surface area (Å²) in [6.45, 7) is 5.08. The molecule has 2 aliphatic heterocycles. The molecule has 5 nitrogen and oxygen atoms in total. The van der Waals surface area contributed by atoms with Gasteiger partial charge in [0.05, 0.1) is 16.6 Å². The minimum absolute atomic E-state index is 0.0236. The highest BCUT2D eigenvalue weighted by Crippen LogP contribution is 2.34. The number of anilines is 1. The number of hydrogen-bond acceptors (Lipinski definition) is 3. The van der Waals surface area contributed by atoms with Crippen LogP contribution in [0.2, 0.25) is 5.02 Å². The molecular weight excluding hydrogens is 372 g/mol. The molecule has 0 N–H and O–H groups in total. The molecule has 0 aliphatic carbocycles. The van der Waals surface area contributed by atoms with Gasteiger partial charge in [-0.2, -0.15) is 5.10 Å². The van der Waals surface area contributed by atoms with Crippen LogP contribution in [0, 0.1) is 0 Å². The number of nitrogens with zero attached hydrogens (tertiary/aromatic N) is 4. The second-order valence-corrected chi connectivity index (χ2v) is 8.18. The van der Waals surface area contributed by atoms with Crippen molar-refractivity contribution in [1.29, 1.82) is 0 Å². The first kappa shape index (κ1) is 17.6. The van der Waals surface area contributed by atoms with Gasteiger partial charge in [-0.05, 0) is 67.6 Å². The molecule has 1 atom stereocenters. The Bertz CT molecular complexity index is 1050. The Labute approximate surface area is 169 Å². The molecule has 1 amide bonds. The number of hydrogen-bond donors (Lipinski definition) is 0. The Balaban J connectivity index is 1.45. The summed E-state index contributed by atoms with van der Waals surface area (Å²) in [6, 6.07) is 12.3. The Morgan fingerprint density at radius 3 is 2.75 bits per heavy atom. The molecule has 1 unspecified atom stereocenters. The Hall–Kier alpha value is -2.53. The number of fused-ring (bicyclic) bond motifs is 2. The lowest BCUT2D eigenvalue weighted by atomic mass is 9.92. The minimum Gasteiger partial charge on any atom is -0.372 e. The molecule has 1 saturated heterocycles. The van der Waals surface area contributed by atoms with Crippen molar-refractivity contribution in [3.05, 3.63) is 64.4 Å². The van der Waals surface area contributed by atoms with Crippen molar-refractivity contribution in [1.82, 2.24) is 14.5 Å². The molecule has 5 rings (SSSR count). The van der Waals surface area contributed by atoms with Crippen LogP contribution in [-0.4, -0.2) is 40.1 Å². The molecule has 0 saturated carbocycles. The standard InChI is InChI=1S/C22H23ClN4O/c1-15-20-12-18(25-9-2-3-10-25)6-4-16(20)8-11-26(15)22(28)21-13-19-7-5-17(23)14-27(19)24-21/h4-7,12-15H,2-3,8-11H2,1H3. The third kappa shape index (κ3) is 2.94. The number of rotatable bonds is 2. The van der Waals surface area contributed by atoms with Gasteiger partial charge in [0.2, 0.25) is 0 Å². The van der Waals surface area contributed by atoms with Crippen LogP contribution >= 0.6 is 11.6 Å². The first-order valence-corrected chi connectivity index (χ1v) is 10.3. The maximum absolute atomic E-state index is 13.2. The molecule has 144 valence electrons. The van der Waals surface area contributed by atoms with Crippen LogP contribution in [0.3, 0.4) is 0 Å². The van der Waals surface area contributed by atoms with Gasteiger partial charge < -0.3 is 9.80 Å². The molecule has 1 fully saturated rings. The second kappa shape index (κ2) is 6.82. The van der Waals surface area contributed by atoms with E-state index in [2.05, 4.69) is 35.1 Å². The van der Waals surface area contributed by atoms with Gasteiger partial charge >= 0.3 is 0 Å². The van der Waals surface area contributed by atoms with Crippen LogP contribution in [0.1, 0.15) is 47.4 Å². The van der Waals surface area contributed by atoms with Gasteiger partial charge in [0, 0.05) is 31.5 Å². The van der Waals surface area contributed by atoms with E-state index in [-0.39, 0.29) is 11.9 Å². The van der Waals surface area contributed by atoms with E-state index in [1.807, 2.05) is 23.1 Å². The maximum Gasteiger partial charge on any atom is 0.274 e. The number of carbonyl (C=O) groups excluding carboxylic acids is 1. The highest BCUT2D eigenvalue weighted by atomic mass is 35.5. The summed E-state index contributed by atoms with van der Waals surface area (Å²) >= 11 is 6.04. The molecule has 4 heterocycles. The van der Waals surface area contributed by atoms with Gasteiger partial charge in [-0.25, -0.2) is 4.52 Å². The van der Waals surface area contributed by atoms with E-state index in [1.165, 1.54) is 29.7 Å². The average Bonchev–Trinajstić information content (AvgIpc) is 3.37. The van der Waals surface area contributed by atoms with Crippen molar-refractivity contribution in [2.45, 2.75) is 32.2 Å². The van der Waals surface area contributed by atoms with Gasteiger partial charge in [-0.15, -0.1) is 0 Å². The van der Waals surface area contributed by atoms with Crippen LogP contribution in [0.4, 0.5) is 5.69 Å². The zero-order valence-corrected chi connectivity index (χ0v) is 16.7. The summed E-state index contributed by atoms with van der Waals surface area (Å²) in [6.07, 6.45) is 5.13. The van der Waals surface area contributed by atoms with E-state index in [1.54, 1.807) is 10.7 Å². The smallest absolute Gasteiger partial charge is 0.274 e. The van der Waals surface area contributed by atoms with Crippen LogP contribution < -0.4 is 4.90 Å². The Kier molecular flexibility index (Phi) is 4.27. The maximum atomic E-state index is 13.2. The summed E-state index contributed by atoms with van der Waals surface area (Å²) < 4.78 is 1.67. The molecule has 6 heteroatoms. The normalized spacial score (nSPS) is 19.3. The molecule has 2 aliphatic rings. The molecule has 0 radical (unpaired) electrons. The predicted molar refractivity (Wildman–Crippen MR) is 111 cm³/mol. The Morgan fingerprint density at radius 1 is 1.11 bits per heavy atom. The monoisotopic (exact) mass is 394 g/mol. The lowest BCUT2D eigenvalue weighted by molar-refractivity contribution is 0.0671. The summed E-state index contributed by atoms with van der Waals surface area (Å²) in [7, 11) is 0. The van der Waals surface area contributed by atoms with E-state index >= 15 is 0 Å². The third-order valence-corrected chi connectivity index (χ3v) is 6.27. The van der Waals surface area contributed by atoms with Crippen molar-refractivity contribution in [3.63, 3.8) is 0 Å². The van der Waals surface area contributed by atoms with Crippen LogP contribution in [0.5, 0.6) is 0 Å². The predicted octanol–water partition coefficient (Wildman–Crippen LogP) is 4.35. The summed E-state index contributed by atoms with van der Waals surface area (Å²) in [5, 5.41) is 5.05. The SMILES string of the molecule is CC1c2cc(N3CCCC3)ccc2CCN1C(=O)c1cc2ccc(Cl)cn2n1. The van der Waals surface area contributed by atoms with Crippen LogP contribution in [-0.2, 0) is 6.42 Å². The van der Waals surface area contributed by atoms with Crippen molar-refractivity contribution in [2.24, 2.45) is 0 Å². The van der Waals surface area contributed by atoms with Crippen molar-refractivity contribution < 1.29 is 4.79 Å². The van der Waals surface area contributed by atoms with Gasteiger partial charge in [0.15, 0.2) is 5.69 Å². The largest absolute Gasteiger partial charge is 0.372 e. The molecular formula is C22H23ClN4O. The molecule has 1 aromatic carbocycles. The van der Waals surface area contributed by atoms with Gasteiger partial charge in [-0.3, -0.25) is 4.79 Å². The fourth-order valence-electron chi connectivity index (χ4n) is 4.46. The zero-order chi connectivity index (χ0) is 19.3. The third-order valence-electron chi connectivity index (χ3n) is 6.04. The number of pyridine rings is 1. The van der Waals surface area contributed by atoms with Crippen molar-refractivity contribution in [2.75, 3.05) is 24.5 Å². The molecule has 3 aromatic rings. The quantitative estimate of drug-likeness (QED) is 0.648. The number of aromatic nitrogens is 2. The first-order chi connectivity index (χ1) is 13.6. The lowest BCUT2D eigenvalue weighted by Crippen LogP contribution is -2.39. The second-order valence-electron chi connectivity index (χ2n) is 7.75. The van der Waals surface area contributed by atoms with Crippen LogP contribution in [0.25, 0.3) is 5.52 Å². The molecule has 2 aromatic heterocycles. The van der Waals surface area contributed by atoms with Crippen molar-refractivity contribution >= 4 is 28.7 Å². The minimum atomic E-state index is -0.0236. The summed E-state index contributed by atoms with van der Waals surface area (Å²) in [5.41, 5.74) is 5.22. The van der Waals surface area contributed by atoms with E-state index in [9.17, 15) is 4.79 Å². The topological polar surface area (TPSA) is 40.9 Å². The van der Waals surface area contributed by atoms with E-state index in [4.69, 9.17) is 11.6 Å². The summed E-state index contributed by atoms with van der Waals surface area (Å²) in [5.74, 6) is -0.0236. The molecule has 0 spiro atoms. The highest BCUT2D eigenvalue weighted by Gasteiger charge is 2.30.